The van der Waals surface area contributed by atoms with E-state index in [0.29, 0.717) is 18.8 Å². The van der Waals surface area contributed by atoms with Gasteiger partial charge in [0.15, 0.2) is 0 Å². The fourth-order valence-corrected chi connectivity index (χ4v) is 1.93. The van der Waals surface area contributed by atoms with Crippen molar-refractivity contribution in [2.75, 3.05) is 17.2 Å². The molecule has 6 heteroatoms. The second kappa shape index (κ2) is 6.51. The number of aromatic nitrogens is 2. The number of ether oxygens (including phenoxy) is 1. The van der Waals surface area contributed by atoms with E-state index in [2.05, 4.69) is 5.10 Å². The largest absolute Gasteiger partial charge is 0.443 e. The highest BCUT2D eigenvalue weighted by molar-refractivity contribution is 5.88. The van der Waals surface area contributed by atoms with E-state index in [1.807, 2.05) is 45.2 Å². The van der Waals surface area contributed by atoms with Gasteiger partial charge in [-0.25, -0.2) is 4.79 Å². The molecule has 0 radical (unpaired) electrons. The summed E-state index contributed by atoms with van der Waals surface area (Å²) in [6, 6.07) is 8.99. The molecule has 1 amide bonds. The zero-order chi connectivity index (χ0) is 16.2. The Bertz CT molecular complexity index is 600. The fourth-order valence-electron chi connectivity index (χ4n) is 1.93. The molecule has 1 aromatic carbocycles. The average molecular weight is 302 g/mol. The van der Waals surface area contributed by atoms with Gasteiger partial charge in [0.05, 0.1) is 6.54 Å². The zero-order valence-electron chi connectivity index (χ0n) is 13.2. The normalized spacial score (nSPS) is 11.2. The molecule has 1 heterocycles. The minimum atomic E-state index is -0.547. The van der Waals surface area contributed by atoms with E-state index in [9.17, 15) is 4.79 Å². The number of nitrogens with zero attached hydrogens (tertiary/aromatic N) is 3. The smallest absolute Gasteiger partial charge is 0.414 e. The van der Waals surface area contributed by atoms with Gasteiger partial charge >= 0.3 is 6.09 Å². The molecule has 2 aromatic rings. The molecular formula is C16H22N4O2. The van der Waals surface area contributed by atoms with Crippen LogP contribution in [0.5, 0.6) is 0 Å². The Morgan fingerprint density at radius 2 is 2.00 bits per heavy atom. The summed E-state index contributed by atoms with van der Waals surface area (Å²) in [6.45, 7) is 6.58. The van der Waals surface area contributed by atoms with Crippen LogP contribution < -0.4 is 10.6 Å². The summed E-state index contributed by atoms with van der Waals surface area (Å²) in [4.78, 5) is 14.0. The molecule has 0 atom stereocenters. The number of hydrogen-bond donors (Lipinski definition) is 1. The predicted octanol–water partition coefficient (Wildman–Crippen LogP) is 2.91. The van der Waals surface area contributed by atoms with Crippen molar-refractivity contribution in [3.8, 4) is 0 Å². The van der Waals surface area contributed by atoms with Crippen LogP contribution >= 0.6 is 0 Å². The highest BCUT2D eigenvalue weighted by Gasteiger charge is 2.23. The molecule has 118 valence electrons. The summed E-state index contributed by atoms with van der Waals surface area (Å²) >= 11 is 0. The second-order valence-corrected chi connectivity index (χ2v) is 5.99. The second-order valence-electron chi connectivity index (χ2n) is 5.99. The van der Waals surface area contributed by atoms with Crippen molar-refractivity contribution in [3.63, 3.8) is 0 Å². The van der Waals surface area contributed by atoms with Gasteiger partial charge in [-0.3, -0.25) is 9.58 Å². The molecule has 0 aliphatic rings. The van der Waals surface area contributed by atoms with Gasteiger partial charge in [0.1, 0.15) is 5.60 Å². The quantitative estimate of drug-likeness (QED) is 0.881. The lowest BCUT2D eigenvalue weighted by Gasteiger charge is -2.27. The first-order valence-corrected chi connectivity index (χ1v) is 7.19. The first-order valence-electron chi connectivity index (χ1n) is 7.19. The van der Waals surface area contributed by atoms with Crippen molar-refractivity contribution >= 4 is 17.5 Å². The summed E-state index contributed by atoms with van der Waals surface area (Å²) in [7, 11) is 0. The van der Waals surface area contributed by atoms with Crippen LogP contribution in [0.3, 0.4) is 0 Å². The number of carbonyl (C=O) groups is 1. The molecule has 0 spiro atoms. The number of carbonyl (C=O) groups excluding carboxylic acids is 1. The van der Waals surface area contributed by atoms with E-state index in [0.717, 1.165) is 5.69 Å². The van der Waals surface area contributed by atoms with Crippen LogP contribution in [0.15, 0.2) is 42.7 Å². The molecule has 0 saturated carbocycles. The van der Waals surface area contributed by atoms with Crippen LogP contribution in [0.25, 0.3) is 0 Å². The number of amides is 1. The molecule has 6 nitrogen and oxygen atoms in total. The maximum absolute atomic E-state index is 12.4. The van der Waals surface area contributed by atoms with Gasteiger partial charge in [-0.2, -0.15) is 5.10 Å². The number of benzene rings is 1. The molecule has 0 fully saturated rings. The van der Waals surface area contributed by atoms with Gasteiger partial charge in [0.25, 0.3) is 0 Å². The van der Waals surface area contributed by atoms with Crippen molar-refractivity contribution in [1.82, 2.24) is 9.78 Å². The standard InChI is InChI=1S/C16H22N4O2/c1-16(2,3)22-15(21)20(12-11-19-10-4-9-18-19)14-7-5-13(17)6-8-14/h4-10H,11-12,17H2,1-3H3. The summed E-state index contributed by atoms with van der Waals surface area (Å²) < 4.78 is 7.25. The molecular weight excluding hydrogens is 280 g/mol. The van der Waals surface area contributed by atoms with Gasteiger partial charge in [-0.15, -0.1) is 0 Å². The van der Waals surface area contributed by atoms with Crippen LogP contribution in [0.4, 0.5) is 16.2 Å². The van der Waals surface area contributed by atoms with Crippen molar-refractivity contribution in [2.45, 2.75) is 32.9 Å². The minimum absolute atomic E-state index is 0.385. The van der Waals surface area contributed by atoms with E-state index in [4.69, 9.17) is 10.5 Å². The topological polar surface area (TPSA) is 73.4 Å². The Kier molecular flexibility index (Phi) is 4.70. The molecule has 0 saturated heterocycles. The first kappa shape index (κ1) is 15.9. The predicted molar refractivity (Wildman–Crippen MR) is 86.7 cm³/mol. The van der Waals surface area contributed by atoms with E-state index in [1.54, 1.807) is 27.9 Å². The van der Waals surface area contributed by atoms with Crippen molar-refractivity contribution in [2.24, 2.45) is 0 Å². The first-order chi connectivity index (χ1) is 10.3. The Hall–Kier alpha value is -2.50. The Balaban J connectivity index is 2.15. The summed E-state index contributed by atoms with van der Waals surface area (Å²) in [5.74, 6) is 0. The van der Waals surface area contributed by atoms with Crippen LogP contribution in [-0.4, -0.2) is 28.0 Å². The number of nitrogen functional groups attached to an aromatic ring is 1. The monoisotopic (exact) mass is 302 g/mol. The number of hydrogen-bond acceptors (Lipinski definition) is 4. The van der Waals surface area contributed by atoms with E-state index in [-0.39, 0.29) is 6.09 Å². The molecule has 0 unspecified atom stereocenters. The maximum Gasteiger partial charge on any atom is 0.414 e. The van der Waals surface area contributed by atoms with Crippen LogP contribution in [0.2, 0.25) is 0 Å². The Labute approximate surface area is 130 Å². The highest BCUT2D eigenvalue weighted by atomic mass is 16.6. The van der Waals surface area contributed by atoms with Crippen molar-refractivity contribution in [3.05, 3.63) is 42.7 Å². The molecule has 0 aliphatic carbocycles. The van der Waals surface area contributed by atoms with Crippen LogP contribution in [0.1, 0.15) is 20.8 Å². The summed E-state index contributed by atoms with van der Waals surface area (Å²) in [6.07, 6.45) is 3.18. The van der Waals surface area contributed by atoms with E-state index in [1.165, 1.54) is 0 Å². The van der Waals surface area contributed by atoms with Crippen LogP contribution in [0, 0.1) is 0 Å². The molecule has 0 aliphatic heterocycles. The Morgan fingerprint density at radius 3 is 2.55 bits per heavy atom. The summed E-state index contributed by atoms with van der Waals surface area (Å²) in [5, 5.41) is 4.15. The highest BCUT2D eigenvalue weighted by Crippen LogP contribution is 2.19. The van der Waals surface area contributed by atoms with Crippen LogP contribution in [-0.2, 0) is 11.3 Å². The fraction of sp³-hybridized carbons (Fsp3) is 0.375. The molecule has 2 N–H and O–H groups in total. The van der Waals surface area contributed by atoms with E-state index < -0.39 is 5.60 Å². The van der Waals surface area contributed by atoms with Gasteiger partial charge < -0.3 is 10.5 Å². The van der Waals surface area contributed by atoms with E-state index >= 15 is 0 Å². The van der Waals surface area contributed by atoms with Gasteiger partial charge in [-0.05, 0) is 51.1 Å². The van der Waals surface area contributed by atoms with Gasteiger partial charge in [-0.1, -0.05) is 0 Å². The molecule has 1 aromatic heterocycles. The Morgan fingerprint density at radius 1 is 1.32 bits per heavy atom. The number of nitrogens with two attached hydrogens (primary N) is 1. The minimum Gasteiger partial charge on any atom is -0.443 e. The molecule has 22 heavy (non-hydrogen) atoms. The SMILES string of the molecule is CC(C)(C)OC(=O)N(CCn1cccn1)c1ccc(N)cc1. The van der Waals surface area contributed by atoms with Gasteiger partial charge in [0, 0.05) is 30.3 Å². The molecule has 0 bridgehead atoms. The zero-order valence-corrected chi connectivity index (χ0v) is 13.2. The van der Waals surface area contributed by atoms with Crippen molar-refractivity contribution < 1.29 is 9.53 Å². The third kappa shape index (κ3) is 4.51. The van der Waals surface area contributed by atoms with Gasteiger partial charge in [0.2, 0.25) is 0 Å². The third-order valence-electron chi connectivity index (χ3n) is 2.93. The lowest BCUT2D eigenvalue weighted by atomic mass is 10.2. The third-order valence-corrected chi connectivity index (χ3v) is 2.93. The van der Waals surface area contributed by atoms with Crippen molar-refractivity contribution in [1.29, 1.82) is 0 Å². The maximum atomic E-state index is 12.4. The summed E-state index contributed by atoms with van der Waals surface area (Å²) in [5.41, 5.74) is 6.56. The number of rotatable bonds is 4. The lowest BCUT2D eigenvalue weighted by Crippen LogP contribution is -2.38. The lowest BCUT2D eigenvalue weighted by molar-refractivity contribution is 0.0579. The average Bonchev–Trinajstić information content (AvgIpc) is 2.92. The number of anilines is 2. The molecule has 2 rings (SSSR count).